The minimum atomic E-state index is -2.87. The maximum atomic E-state index is 11.4. The Kier molecular flexibility index (Phi) is 3.55. The monoisotopic (exact) mass is 221 g/mol. The molecule has 0 aromatic carbocycles. The van der Waals surface area contributed by atoms with E-state index in [0.29, 0.717) is 12.3 Å². The molecule has 1 fully saturated rings. The van der Waals surface area contributed by atoms with Crippen molar-refractivity contribution in [1.82, 2.24) is 0 Å². The normalized spacial score (nSPS) is 30.9. The number of methoxy groups -OCH3 is 1. The van der Waals surface area contributed by atoms with E-state index in [9.17, 15) is 8.42 Å². The van der Waals surface area contributed by atoms with Crippen molar-refractivity contribution in [2.24, 2.45) is 11.7 Å². The van der Waals surface area contributed by atoms with Gasteiger partial charge in [-0.3, -0.25) is 0 Å². The van der Waals surface area contributed by atoms with Crippen LogP contribution in [-0.4, -0.2) is 39.2 Å². The van der Waals surface area contributed by atoms with Crippen LogP contribution in [0.3, 0.4) is 0 Å². The zero-order chi connectivity index (χ0) is 10.8. The lowest BCUT2D eigenvalue weighted by Crippen LogP contribution is -2.48. The van der Waals surface area contributed by atoms with Gasteiger partial charge in [0.15, 0.2) is 9.84 Å². The summed E-state index contributed by atoms with van der Waals surface area (Å²) >= 11 is 0. The van der Waals surface area contributed by atoms with Crippen LogP contribution in [0, 0.1) is 5.92 Å². The molecule has 0 aromatic heterocycles. The van der Waals surface area contributed by atoms with Gasteiger partial charge in [0.05, 0.1) is 17.1 Å². The Labute approximate surface area is 85.7 Å². The molecule has 0 bridgehead atoms. The summed E-state index contributed by atoms with van der Waals surface area (Å²) in [6.07, 6.45) is 1.62. The Morgan fingerprint density at radius 3 is 2.64 bits per heavy atom. The molecule has 84 valence electrons. The van der Waals surface area contributed by atoms with E-state index in [1.165, 1.54) is 0 Å². The fourth-order valence-corrected chi connectivity index (χ4v) is 3.83. The third-order valence-electron chi connectivity index (χ3n) is 3.20. The molecule has 0 aliphatic carbocycles. The summed E-state index contributed by atoms with van der Waals surface area (Å²) in [4.78, 5) is 0. The summed E-state index contributed by atoms with van der Waals surface area (Å²) in [6.45, 7) is 2.25. The number of ether oxygens (including phenoxy) is 1. The van der Waals surface area contributed by atoms with Gasteiger partial charge in [0.2, 0.25) is 0 Å². The second-order valence-electron chi connectivity index (χ2n) is 4.17. The molecular weight excluding hydrogens is 202 g/mol. The first-order chi connectivity index (χ1) is 6.43. The molecule has 1 rings (SSSR count). The van der Waals surface area contributed by atoms with Gasteiger partial charge in [-0.25, -0.2) is 8.42 Å². The lowest BCUT2D eigenvalue weighted by atomic mass is 9.86. The number of sulfone groups is 1. The molecule has 4 nitrogen and oxygen atoms in total. The van der Waals surface area contributed by atoms with E-state index in [-0.39, 0.29) is 11.7 Å². The van der Waals surface area contributed by atoms with Gasteiger partial charge in [-0.05, 0) is 19.8 Å². The van der Waals surface area contributed by atoms with E-state index in [1.807, 2.05) is 6.92 Å². The van der Waals surface area contributed by atoms with Gasteiger partial charge in [-0.15, -0.1) is 0 Å². The van der Waals surface area contributed by atoms with E-state index in [0.717, 1.165) is 12.8 Å². The van der Waals surface area contributed by atoms with Crippen molar-refractivity contribution in [2.45, 2.75) is 25.4 Å². The Morgan fingerprint density at radius 2 is 2.21 bits per heavy atom. The molecule has 0 spiro atoms. The van der Waals surface area contributed by atoms with Gasteiger partial charge in [0.25, 0.3) is 0 Å². The molecule has 5 heteroatoms. The van der Waals surface area contributed by atoms with Crippen LogP contribution in [0.15, 0.2) is 0 Å². The third-order valence-corrected chi connectivity index (χ3v) is 5.02. The van der Waals surface area contributed by atoms with Crippen LogP contribution >= 0.6 is 0 Å². The predicted molar refractivity (Wildman–Crippen MR) is 55.8 cm³/mol. The van der Waals surface area contributed by atoms with Crippen LogP contribution in [0.4, 0.5) is 0 Å². The first kappa shape index (κ1) is 11.9. The number of nitrogens with two attached hydrogens (primary N) is 1. The highest BCUT2D eigenvalue weighted by Crippen LogP contribution is 2.30. The van der Waals surface area contributed by atoms with Crippen molar-refractivity contribution >= 4 is 9.84 Å². The van der Waals surface area contributed by atoms with E-state index >= 15 is 0 Å². The highest BCUT2D eigenvalue weighted by molar-refractivity contribution is 7.91. The van der Waals surface area contributed by atoms with E-state index < -0.39 is 15.4 Å². The Balaban J connectivity index is 2.78. The first-order valence-corrected chi connectivity index (χ1v) is 6.71. The average Bonchev–Trinajstić information content (AvgIpc) is 2.15. The number of hydrogen-bond donors (Lipinski definition) is 1. The summed E-state index contributed by atoms with van der Waals surface area (Å²) < 4.78 is 28.2. The fraction of sp³-hybridized carbons (Fsp3) is 1.00. The average molecular weight is 221 g/mol. The molecule has 1 saturated heterocycles. The van der Waals surface area contributed by atoms with Gasteiger partial charge in [0.1, 0.15) is 0 Å². The van der Waals surface area contributed by atoms with Crippen molar-refractivity contribution < 1.29 is 13.2 Å². The number of hydrogen-bond acceptors (Lipinski definition) is 4. The van der Waals surface area contributed by atoms with E-state index in [2.05, 4.69) is 0 Å². The van der Waals surface area contributed by atoms with Crippen molar-refractivity contribution in [3.05, 3.63) is 0 Å². The molecule has 0 saturated carbocycles. The minimum absolute atomic E-state index is 0.0382. The largest absolute Gasteiger partial charge is 0.377 e. The molecule has 0 amide bonds. The summed E-state index contributed by atoms with van der Waals surface area (Å²) in [5.41, 5.74) is 5.12. The topological polar surface area (TPSA) is 69.4 Å². The van der Waals surface area contributed by atoms with Crippen molar-refractivity contribution in [3.63, 3.8) is 0 Å². The third kappa shape index (κ3) is 2.46. The summed E-state index contributed by atoms with van der Waals surface area (Å²) in [6, 6.07) is 0. The molecule has 0 radical (unpaired) electrons. The molecule has 1 aliphatic rings. The molecule has 2 N–H and O–H groups in total. The molecule has 1 aliphatic heterocycles. The number of rotatable bonds is 3. The lowest BCUT2D eigenvalue weighted by Gasteiger charge is -2.37. The Hall–Kier alpha value is -0.130. The second kappa shape index (κ2) is 4.16. The minimum Gasteiger partial charge on any atom is -0.377 e. The molecule has 0 aromatic rings. The van der Waals surface area contributed by atoms with E-state index in [4.69, 9.17) is 10.5 Å². The fourth-order valence-electron chi connectivity index (χ4n) is 1.92. The van der Waals surface area contributed by atoms with Crippen LogP contribution in [-0.2, 0) is 14.6 Å². The summed E-state index contributed by atoms with van der Waals surface area (Å²) in [5, 5.41) is 0. The molecule has 1 heterocycles. The van der Waals surface area contributed by atoms with Crippen molar-refractivity contribution in [3.8, 4) is 0 Å². The Bertz CT molecular complexity index is 282. The summed E-state index contributed by atoms with van der Waals surface area (Å²) in [7, 11) is -1.28. The van der Waals surface area contributed by atoms with Gasteiger partial charge >= 0.3 is 0 Å². The lowest BCUT2D eigenvalue weighted by molar-refractivity contribution is -0.0325. The van der Waals surface area contributed by atoms with Crippen LogP contribution in [0.5, 0.6) is 0 Å². The van der Waals surface area contributed by atoms with Gasteiger partial charge in [-0.1, -0.05) is 0 Å². The van der Waals surface area contributed by atoms with Crippen molar-refractivity contribution in [1.29, 1.82) is 0 Å². The smallest absolute Gasteiger partial charge is 0.150 e. The Morgan fingerprint density at radius 1 is 1.57 bits per heavy atom. The maximum absolute atomic E-state index is 11.4. The van der Waals surface area contributed by atoms with Crippen LogP contribution in [0.25, 0.3) is 0 Å². The predicted octanol–water partition coefficient (Wildman–Crippen LogP) is 0.175. The van der Waals surface area contributed by atoms with Crippen molar-refractivity contribution in [2.75, 3.05) is 25.2 Å². The van der Waals surface area contributed by atoms with Gasteiger partial charge in [0, 0.05) is 19.6 Å². The SMILES string of the molecule is COC(C)(CN)C1CCCS(=O)(=O)C1. The van der Waals surface area contributed by atoms with Crippen LogP contribution < -0.4 is 5.73 Å². The van der Waals surface area contributed by atoms with E-state index in [1.54, 1.807) is 7.11 Å². The van der Waals surface area contributed by atoms with Crippen LogP contribution in [0.2, 0.25) is 0 Å². The standard InChI is InChI=1S/C9H19NO3S/c1-9(7-10,13-2)8-4-3-5-14(11,12)6-8/h8H,3-7,10H2,1-2H3. The zero-order valence-corrected chi connectivity index (χ0v) is 9.64. The summed E-state index contributed by atoms with van der Waals surface area (Å²) in [5.74, 6) is 0.568. The maximum Gasteiger partial charge on any atom is 0.150 e. The molecule has 2 unspecified atom stereocenters. The van der Waals surface area contributed by atoms with Crippen LogP contribution in [0.1, 0.15) is 19.8 Å². The molecule has 2 atom stereocenters. The highest BCUT2D eigenvalue weighted by atomic mass is 32.2. The quantitative estimate of drug-likeness (QED) is 0.738. The van der Waals surface area contributed by atoms with Gasteiger partial charge < -0.3 is 10.5 Å². The first-order valence-electron chi connectivity index (χ1n) is 4.89. The zero-order valence-electron chi connectivity index (χ0n) is 8.82. The van der Waals surface area contributed by atoms with Gasteiger partial charge in [-0.2, -0.15) is 0 Å². The molecular formula is C9H19NO3S. The second-order valence-corrected chi connectivity index (χ2v) is 6.40. The highest BCUT2D eigenvalue weighted by Gasteiger charge is 2.38. The molecule has 14 heavy (non-hydrogen) atoms.